The van der Waals surface area contributed by atoms with Crippen molar-refractivity contribution in [2.75, 3.05) is 44.6 Å². The lowest BCUT2D eigenvalue weighted by molar-refractivity contribution is 0.249. The van der Waals surface area contributed by atoms with E-state index in [1.165, 1.54) is 0 Å². The Bertz CT molecular complexity index is 340. The summed E-state index contributed by atoms with van der Waals surface area (Å²) in [6, 6.07) is 1.99. The van der Waals surface area contributed by atoms with Crippen LogP contribution in [-0.4, -0.2) is 54.1 Å². The minimum absolute atomic E-state index is 0.828. The molecule has 0 atom stereocenters. The van der Waals surface area contributed by atoms with E-state index in [1.807, 2.05) is 19.9 Å². The van der Waals surface area contributed by atoms with Crippen molar-refractivity contribution >= 4 is 5.82 Å². The number of aromatic nitrogens is 2. The molecule has 2 rings (SSSR count). The van der Waals surface area contributed by atoms with E-state index in [0.29, 0.717) is 0 Å². The monoisotopic (exact) mass is 235 g/mol. The number of piperazine rings is 1. The van der Waals surface area contributed by atoms with E-state index in [2.05, 4.69) is 25.5 Å². The van der Waals surface area contributed by atoms with Crippen molar-refractivity contribution in [2.24, 2.45) is 0 Å². The van der Waals surface area contributed by atoms with Gasteiger partial charge in [-0.25, -0.2) is 9.97 Å². The molecule has 5 nitrogen and oxygen atoms in total. The van der Waals surface area contributed by atoms with Crippen molar-refractivity contribution in [1.82, 2.24) is 20.2 Å². The zero-order chi connectivity index (χ0) is 12.1. The van der Waals surface area contributed by atoms with Crippen LogP contribution in [0, 0.1) is 13.8 Å². The van der Waals surface area contributed by atoms with Gasteiger partial charge in [0, 0.05) is 51.0 Å². The third-order valence-corrected chi connectivity index (χ3v) is 2.91. The quantitative estimate of drug-likeness (QED) is 0.792. The van der Waals surface area contributed by atoms with Gasteiger partial charge in [-0.05, 0) is 13.8 Å². The maximum Gasteiger partial charge on any atom is 0.129 e. The van der Waals surface area contributed by atoms with Gasteiger partial charge in [-0.2, -0.15) is 0 Å². The molecular weight excluding hydrogens is 214 g/mol. The van der Waals surface area contributed by atoms with E-state index in [4.69, 9.17) is 0 Å². The lowest BCUT2D eigenvalue weighted by Gasteiger charge is -2.27. The smallest absolute Gasteiger partial charge is 0.129 e. The van der Waals surface area contributed by atoms with Crippen molar-refractivity contribution in [3.63, 3.8) is 0 Å². The third-order valence-electron chi connectivity index (χ3n) is 2.91. The first-order chi connectivity index (χ1) is 8.24. The number of nitrogens with one attached hydrogen (secondary N) is 2. The minimum Gasteiger partial charge on any atom is -0.369 e. The number of hydrogen-bond acceptors (Lipinski definition) is 5. The van der Waals surface area contributed by atoms with Crippen molar-refractivity contribution < 1.29 is 0 Å². The molecule has 1 saturated heterocycles. The van der Waals surface area contributed by atoms with Gasteiger partial charge in [0.25, 0.3) is 0 Å². The lowest BCUT2D eigenvalue weighted by atomic mass is 10.3. The molecule has 0 bridgehead atoms. The first-order valence-corrected chi connectivity index (χ1v) is 6.23. The Morgan fingerprint density at radius 3 is 2.76 bits per heavy atom. The Morgan fingerprint density at radius 1 is 1.29 bits per heavy atom. The largest absolute Gasteiger partial charge is 0.369 e. The molecule has 1 aliphatic heterocycles. The Labute approximate surface area is 103 Å². The molecule has 17 heavy (non-hydrogen) atoms. The first kappa shape index (κ1) is 12.3. The molecule has 0 aliphatic carbocycles. The summed E-state index contributed by atoms with van der Waals surface area (Å²) >= 11 is 0. The van der Waals surface area contributed by atoms with Crippen LogP contribution in [0.5, 0.6) is 0 Å². The van der Waals surface area contributed by atoms with E-state index >= 15 is 0 Å². The molecule has 1 aromatic rings. The Balaban J connectivity index is 1.77. The average Bonchev–Trinajstić information content (AvgIpc) is 2.29. The van der Waals surface area contributed by atoms with Crippen LogP contribution in [0.3, 0.4) is 0 Å². The summed E-state index contributed by atoms with van der Waals surface area (Å²) in [4.78, 5) is 11.1. The molecule has 2 N–H and O–H groups in total. The topological polar surface area (TPSA) is 53.1 Å². The highest BCUT2D eigenvalue weighted by atomic mass is 15.2. The number of hydrogen-bond donors (Lipinski definition) is 2. The van der Waals surface area contributed by atoms with Crippen molar-refractivity contribution in [1.29, 1.82) is 0 Å². The standard InChI is InChI=1S/C12H21N5/c1-10-9-12(16-11(2)15-10)14-5-8-17-6-3-13-4-7-17/h9,13H,3-8H2,1-2H3,(H,14,15,16). The fraction of sp³-hybridized carbons (Fsp3) is 0.667. The molecule has 1 fully saturated rings. The van der Waals surface area contributed by atoms with Gasteiger partial charge in [0.1, 0.15) is 11.6 Å². The van der Waals surface area contributed by atoms with Crippen molar-refractivity contribution in [2.45, 2.75) is 13.8 Å². The van der Waals surface area contributed by atoms with Crippen LogP contribution < -0.4 is 10.6 Å². The van der Waals surface area contributed by atoms with Crippen molar-refractivity contribution in [3.05, 3.63) is 17.6 Å². The lowest BCUT2D eigenvalue weighted by Crippen LogP contribution is -2.45. The van der Waals surface area contributed by atoms with E-state index in [0.717, 1.165) is 56.6 Å². The Kier molecular flexibility index (Phi) is 4.28. The van der Waals surface area contributed by atoms with E-state index in [9.17, 15) is 0 Å². The average molecular weight is 235 g/mol. The highest BCUT2D eigenvalue weighted by molar-refractivity contribution is 5.35. The Hall–Kier alpha value is -1.20. The van der Waals surface area contributed by atoms with Crippen molar-refractivity contribution in [3.8, 4) is 0 Å². The molecule has 0 radical (unpaired) electrons. The fourth-order valence-electron chi connectivity index (χ4n) is 2.08. The zero-order valence-electron chi connectivity index (χ0n) is 10.7. The number of rotatable bonds is 4. The summed E-state index contributed by atoms with van der Waals surface area (Å²) in [5.41, 5.74) is 1.02. The van der Waals surface area contributed by atoms with Gasteiger partial charge in [-0.1, -0.05) is 0 Å². The second-order valence-corrected chi connectivity index (χ2v) is 4.46. The molecule has 94 valence electrons. The maximum atomic E-state index is 4.36. The van der Waals surface area contributed by atoms with Crippen LogP contribution in [0.1, 0.15) is 11.5 Å². The van der Waals surface area contributed by atoms with Gasteiger partial charge in [0.05, 0.1) is 0 Å². The van der Waals surface area contributed by atoms with Gasteiger partial charge in [-0.3, -0.25) is 4.90 Å². The predicted molar refractivity (Wildman–Crippen MR) is 69.3 cm³/mol. The third kappa shape index (κ3) is 3.94. The van der Waals surface area contributed by atoms with E-state index < -0.39 is 0 Å². The van der Waals surface area contributed by atoms with Crippen LogP contribution in [0.15, 0.2) is 6.07 Å². The fourth-order valence-corrected chi connectivity index (χ4v) is 2.08. The molecular formula is C12H21N5. The van der Waals surface area contributed by atoms with Crippen LogP contribution in [0.4, 0.5) is 5.82 Å². The number of aryl methyl sites for hydroxylation is 2. The van der Waals surface area contributed by atoms with E-state index in [1.54, 1.807) is 0 Å². The molecule has 0 saturated carbocycles. The molecule has 1 aromatic heterocycles. The summed E-state index contributed by atoms with van der Waals surface area (Å²) in [5, 5.41) is 6.72. The predicted octanol–water partition coefficient (Wildman–Crippen LogP) is 0.411. The summed E-state index contributed by atoms with van der Waals surface area (Å²) in [6.07, 6.45) is 0. The normalized spacial score (nSPS) is 17.1. The molecule has 0 amide bonds. The zero-order valence-corrected chi connectivity index (χ0v) is 10.7. The second-order valence-electron chi connectivity index (χ2n) is 4.46. The van der Waals surface area contributed by atoms with Gasteiger partial charge in [0.2, 0.25) is 0 Å². The van der Waals surface area contributed by atoms with Crippen LogP contribution in [0.2, 0.25) is 0 Å². The summed E-state index contributed by atoms with van der Waals surface area (Å²) in [7, 11) is 0. The first-order valence-electron chi connectivity index (χ1n) is 6.23. The highest BCUT2D eigenvalue weighted by Crippen LogP contribution is 2.05. The highest BCUT2D eigenvalue weighted by Gasteiger charge is 2.08. The van der Waals surface area contributed by atoms with Gasteiger partial charge in [0.15, 0.2) is 0 Å². The van der Waals surface area contributed by atoms with E-state index in [-0.39, 0.29) is 0 Å². The molecule has 5 heteroatoms. The summed E-state index contributed by atoms with van der Waals surface area (Å²) in [6.45, 7) is 10.4. The molecule has 0 aromatic carbocycles. The van der Waals surface area contributed by atoms with Gasteiger partial charge in [-0.15, -0.1) is 0 Å². The van der Waals surface area contributed by atoms with Crippen LogP contribution in [-0.2, 0) is 0 Å². The number of nitrogens with zero attached hydrogens (tertiary/aromatic N) is 3. The molecule has 0 unspecified atom stereocenters. The Morgan fingerprint density at radius 2 is 2.06 bits per heavy atom. The summed E-state index contributed by atoms with van der Waals surface area (Å²) < 4.78 is 0. The van der Waals surface area contributed by atoms with Crippen LogP contribution in [0.25, 0.3) is 0 Å². The van der Waals surface area contributed by atoms with Gasteiger partial charge >= 0.3 is 0 Å². The molecule has 0 spiro atoms. The summed E-state index contributed by atoms with van der Waals surface area (Å²) in [5.74, 6) is 1.76. The van der Waals surface area contributed by atoms with Gasteiger partial charge < -0.3 is 10.6 Å². The SMILES string of the molecule is Cc1cc(NCCN2CCNCC2)nc(C)n1. The maximum absolute atomic E-state index is 4.36. The second kappa shape index (κ2) is 5.93. The molecule has 2 heterocycles. The van der Waals surface area contributed by atoms with Crippen LogP contribution >= 0.6 is 0 Å². The minimum atomic E-state index is 0.828. The number of anilines is 1. The molecule has 1 aliphatic rings.